The summed E-state index contributed by atoms with van der Waals surface area (Å²) in [6.07, 6.45) is 4.88. The lowest BCUT2D eigenvalue weighted by Gasteiger charge is -2.07. The minimum absolute atomic E-state index is 0.351. The summed E-state index contributed by atoms with van der Waals surface area (Å²) in [6, 6.07) is 4.21. The first-order valence-electron chi connectivity index (χ1n) is 4.69. The number of rotatable bonds is 3. The van der Waals surface area contributed by atoms with Crippen molar-refractivity contribution in [1.82, 2.24) is 9.97 Å². The largest absolute Gasteiger partial charge is 0.378 e. The third-order valence-electron chi connectivity index (χ3n) is 2.01. The van der Waals surface area contributed by atoms with E-state index in [1.807, 2.05) is 0 Å². The van der Waals surface area contributed by atoms with E-state index >= 15 is 0 Å². The first-order valence-corrected chi connectivity index (χ1v) is 5.07. The van der Waals surface area contributed by atoms with Crippen LogP contribution in [0.25, 0.3) is 0 Å². The molecule has 0 aliphatic carbocycles. The minimum atomic E-state index is -0.352. The van der Waals surface area contributed by atoms with Gasteiger partial charge in [0.15, 0.2) is 0 Å². The zero-order valence-electron chi connectivity index (χ0n) is 8.32. The van der Waals surface area contributed by atoms with Crippen LogP contribution in [-0.4, -0.2) is 9.97 Å². The van der Waals surface area contributed by atoms with Crippen molar-refractivity contribution in [3.8, 4) is 0 Å². The maximum atomic E-state index is 12.8. The number of hydrogen-bond donors (Lipinski definition) is 1. The average Bonchev–Trinajstić information content (AvgIpc) is 2.29. The van der Waals surface area contributed by atoms with Gasteiger partial charge in [-0.1, -0.05) is 11.6 Å². The third-order valence-corrected chi connectivity index (χ3v) is 2.32. The molecule has 82 valence electrons. The number of halogens is 2. The first kappa shape index (κ1) is 10.8. The van der Waals surface area contributed by atoms with E-state index in [1.54, 1.807) is 24.7 Å². The molecule has 2 aromatic rings. The number of nitrogens with zero attached hydrogens (tertiary/aromatic N) is 2. The van der Waals surface area contributed by atoms with Gasteiger partial charge in [-0.2, -0.15) is 0 Å². The lowest BCUT2D eigenvalue weighted by molar-refractivity contribution is 0.628. The summed E-state index contributed by atoms with van der Waals surface area (Å²) in [7, 11) is 0. The summed E-state index contributed by atoms with van der Waals surface area (Å²) in [5.41, 5.74) is 1.47. The van der Waals surface area contributed by atoms with E-state index in [4.69, 9.17) is 11.6 Å². The molecule has 0 saturated carbocycles. The lowest BCUT2D eigenvalue weighted by Crippen LogP contribution is -2.02. The summed E-state index contributed by atoms with van der Waals surface area (Å²) in [5, 5.41) is 3.41. The van der Waals surface area contributed by atoms with Crippen molar-refractivity contribution in [2.75, 3.05) is 5.32 Å². The molecular formula is C11H9ClFN3. The third kappa shape index (κ3) is 2.67. The number of anilines is 1. The highest BCUT2D eigenvalue weighted by atomic mass is 35.5. The van der Waals surface area contributed by atoms with E-state index < -0.39 is 0 Å². The van der Waals surface area contributed by atoms with Crippen LogP contribution in [-0.2, 0) is 6.54 Å². The number of hydrogen-bond acceptors (Lipinski definition) is 3. The highest BCUT2D eigenvalue weighted by molar-refractivity contribution is 6.33. The van der Waals surface area contributed by atoms with Crippen LogP contribution in [0.1, 0.15) is 5.69 Å². The summed E-state index contributed by atoms with van der Waals surface area (Å²) in [6.45, 7) is 0.499. The highest BCUT2D eigenvalue weighted by Gasteiger charge is 2.01. The fourth-order valence-corrected chi connectivity index (χ4v) is 1.47. The molecule has 1 aromatic carbocycles. The van der Waals surface area contributed by atoms with E-state index in [1.165, 1.54) is 12.1 Å². The van der Waals surface area contributed by atoms with Gasteiger partial charge >= 0.3 is 0 Å². The molecule has 1 heterocycles. The van der Waals surface area contributed by atoms with Gasteiger partial charge in [-0.25, -0.2) is 4.39 Å². The second-order valence-corrected chi connectivity index (χ2v) is 3.58. The Hall–Kier alpha value is -1.68. The molecule has 0 aliphatic rings. The normalized spacial score (nSPS) is 10.1. The Labute approximate surface area is 97.3 Å². The van der Waals surface area contributed by atoms with Gasteiger partial charge in [0.05, 0.1) is 29.1 Å². The van der Waals surface area contributed by atoms with E-state index in [2.05, 4.69) is 15.3 Å². The van der Waals surface area contributed by atoms with Gasteiger partial charge in [0.25, 0.3) is 0 Å². The van der Waals surface area contributed by atoms with Crippen LogP contribution in [0.15, 0.2) is 36.8 Å². The molecule has 1 aromatic heterocycles. The lowest BCUT2D eigenvalue weighted by atomic mass is 10.3. The van der Waals surface area contributed by atoms with E-state index in [0.717, 1.165) is 5.69 Å². The molecule has 0 unspecified atom stereocenters. The van der Waals surface area contributed by atoms with Gasteiger partial charge < -0.3 is 5.32 Å². The maximum absolute atomic E-state index is 12.8. The zero-order chi connectivity index (χ0) is 11.4. The Morgan fingerprint density at radius 3 is 2.88 bits per heavy atom. The van der Waals surface area contributed by atoms with Crippen LogP contribution in [0.4, 0.5) is 10.1 Å². The summed E-state index contributed by atoms with van der Waals surface area (Å²) in [4.78, 5) is 8.04. The highest BCUT2D eigenvalue weighted by Crippen LogP contribution is 2.22. The van der Waals surface area contributed by atoms with Crippen molar-refractivity contribution in [2.45, 2.75) is 6.54 Å². The van der Waals surface area contributed by atoms with Crippen LogP contribution in [0.2, 0.25) is 5.02 Å². The number of nitrogens with one attached hydrogen (secondary N) is 1. The average molecular weight is 238 g/mol. The monoisotopic (exact) mass is 237 g/mol. The smallest absolute Gasteiger partial charge is 0.124 e. The molecule has 0 fully saturated rings. The first-order chi connectivity index (χ1) is 7.75. The minimum Gasteiger partial charge on any atom is -0.378 e. The Balaban J connectivity index is 2.05. The van der Waals surface area contributed by atoms with Crippen LogP contribution in [0.5, 0.6) is 0 Å². The van der Waals surface area contributed by atoms with Gasteiger partial charge in [0.2, 0.25) is 0 Å². The molecule has 5 heteroatoms. The fourth-order valence-electron chi connectivity index (χ4n) is 1.24. The number of aromatic nitrogens is 2. The Kier molecular flexibility index (Phi) is 3.31. The zero-order valence-corrected chi connectivity index (χ0v) is 9.08. The van der Waals surface area contributed by atoms with Crippen LogP contribution >= 0.6 is 11.6 Å². The predicted octanol–water partition coefficient (Wildman–Crippen LogP) is 2.88. The molecule has 3 nitrogen and oxygen atoms in total. The SMILES string of the molecule is Fc1ccc(NCc2cnccn2)c(Cl)c1. The van der Waals surface area contributed by atoms with Crippen molar-refractivity contribution in [3.05, 3.63) is 53.3 Å². The molecular weight excluding hydrogens is 229 g/mol. The van der Waals surface area contributed by atoms with Crippen molar-refractivity contribution >= 4 is 17.3 Å². The van der Waals surface area contributed by atoms with Crippen molar-refractivity contribution in [1.29, 1.82) is 0 Å². The molecule has 16 heavy (non-hydrogen) atoms. The van der Waals surface area contributed by atoms with Gasteiger partial charge in [0.1, 0.15) is 5.82 Å². The van der Waals surface area contributed by atoms with Crippen molar-refractivity contribution in [2.24, 2.45) is 0 Å². The fraction of sp³-hybridized carbons (Fsp3) is 0.0909. The van der Waals surface area contributed by atoms with E-state index in [0.29, 0.717) is 17.3 Å². The quantitative estimate of drug-likeness (QED) is 0.892. The molecule has 0 amide bonds. The van der Waals surface area contributed by atoms with Crippen molar-refractivity contribution in [3.63, 3.8) is 0 Å². The standard InChI is InChI=1S/C11H9ClFN3/c12-10-5-8(13)1-2-11(10)16-7-9-6-14-3-4-15-9/h1-6,16H,7H2. The van der Waals surface area contributed by atoms with Crippen molar-refractivity contribution < 1.29 is 4.39 Å². The van der Waals surface area contributed by atoms with Crippen LogP contribution < -0.4 is 5.32 Å². The Morgan fingerprint density at radius 2 is 2.19 bits per heavy atom. The van der Waals surface area contributed by atoms with Gasteiger partial charge in [-0.05, 0) is 18.2 Å². The van der Waals surface area contributed by atoms with E-state index in [-0.39, 0.29) is 5.82 Å². The second-order valence-electron chi connectivity index (χ2n) is 3.17. The maximum Gasteiger partial charge on any atom is 0.124 e. The molecule has 0 radical (unpaired) electrons. The van der Waals surface area contributed by atoms with Gasteiger partial charge in [-0.15, -0.1) is 0 Å². The summed E-state index contributed by atoms with van der Waals surface area (Å²) >= 11 is 5.86. The summed E-state index contributed by atoms with van der Waals surface area (Å²) in [5.74, 6) is -0.352. The van der Waals surface area contributed by atoms with Gasteiger partial charge in [0, 0.05) is 12.4 Å². The molecule has 0 aliphatic heterocycles. The molecule has 0 bridgehead atoms. The predicted molar refractivity (Wildman–Crippen MR) is 60.8 cm³/mol. The molecule has 0 saturated heterocycles. The van der Waals surface area contributed by atoms with Crippen LogP contribution in [0, 0.1) is 5.82 Å². The Morgan fingerprint density at radius 1 is 1.31 bits per heavy atom. The van der Waals surface area contributed by atoms with Gasteiger partial charge in [-0.3, -0.25) is 9.97 Å². The number of benzene rings is 1. The molecule has 1 N–H and O–H groups in total. The summed E-state index contributed by atoms with van der Waals surface area (Å²) < 4.78 is 12.8. The molecule has 2 rings (SSSR count). The molecule has 0 spiro atoms. The molecule has 0 atom stereocenters. The Bertz CT molecular complexity index is 476. The van der Waals surface area contributed by atoms with Crippen LogP contribution in [0.3, 0.4) is 0 Å². The van der Waals surface area contributed by atoms with E-state index in [9.17, 15) is 4.39 Å². The second kappa shape index (κ2) is 4.90. The topological polar surface area (TPSA) is 37.8 Å².